The van der Waals surface area contributed by atoms with Crippen LogP contribution in [0.4, 0.5) is 0 Å². The molecule has 0 aromatic carbocycles. The predicted molar refractivity (Wildman–Crippen MR) is 99.5 cm³/mol. The van der Waals surface area contributed by atoms with E-state index in [4.69, 9.17) is 14.6 Å². The summed E-state index contributed by atoms with van der Waals surface area (Å²) in [5, 5.41) is 12.6. The van der Waals surface area contributed by atoms with Gasteiger partial charge < -0.3 is 25.2 Å². The van der Waals surface area contributed by atoms with Crippen molar-refractivity contribution in [2.75, 3.05) is 25.4 Å². The summed E-state index contributed by atoms with van der Waals surface area (Å²) in [6.07, 6.45) is -0.240. The van der Waals surface area contributed by atoms with E-state index >= 15 is 0 Å². The van der Waals surface area contributed by atoms with Crippen molar-refractivity contribution in [3.05, 3.63) is 12.2 Å². The van der Waals surface area contributed by atoms with Crippen molar-refractivity contribution in [3.8, 4) is 0 Å². The number of hydrogen-bond donors (Lipinski definition) is 3. The van der Waals surface area contributed by atoms with Crippen molar-refractivity contribution >= 4 is 46.6 Å². The topological polar surface area (TPSA) is 165 Å². The third-order valence-corrected chi connectivity index (χ3v) is 4.43. The highest BCUT2D eigenvalue weighted by atomic mass is 32.2. The summed E-state index contributed by atoms with van der Waals surface area (Å²) in [6.45, 7) is 2.65. The Morgan fingerprint density at radius 2 is 1.90 bits per heavy atom. The van der Waals surface area contributed by atoms with Crippen molar-refractivity contribution in [3.63, 3.8) is 0 Å². The highest BCUT2D eigenvalue weighted by Crippen LogP contribution is 2.25. The van der Waals surface area contributed by atoms with Gasteiger partial charge in [-0.25, -0.2) is 14.4 Å². The molecule has 12 heteroatoms. The fraction of sp³-hybridized carbons (Fsp3) is 0.529. The monoisotopic (exact) mass is 430 g/mol. The Balaban J connectivity index is 2.93. The second-order valence-corrected chi connectivity index (χ2v) is 7.65. The molecule has 0 bridgehead atoms. The molecule has 0 saturated carbocycles. The average molecular weight is 430 g/mol. The average Bonchev–Trinajstić information content (AvgIpc) is 2.65. The molecule has 160 valence electrons. The first kappa shape index (κ1) is 24.1. The molecule has 29 heavy (non-hydrogen) atoms. The number of carboxylic acid groups (broad SMARTS) is 1. The number of nitrogens with one attached hydrogen (secondary N) is 2. The summed E-state index contributed by atoms with van der Waals surface area (Å²) in [4.78, 5) is 70.1. The van der Waals surface area contributed by atoms with Crippen LogP contribution >= 0.6 is 11.8 Å². The van der Waals surface area contributed by atoms with Gasteiger partial charge in [0, 0.05) is 42.8 Å². The molecule has 0 aromatic rings. The van der Waals surface area contributed by atoms with Crippen LogP contribution in [0, 0.1) is 5.41 Å². The van der Waals surface area contributed by atoms with Gasteiger partial charge in [-0.15, -0.1) is 0 Å². The maximum absolute atomic E-state index is 12.5. The number of carbonyl (C=O) groups excluding carboxylic acids is 5. The molecule has 0 spiro atoms. The van der Waals surface area contributed by atoms with Crippen molar-refractivity contribution in [1.82, 2.24) is 10.6 Å². The van der Waals surface area contributed by atoms with Gasteiger partial charge in [0.05, 0.1) is 0 Å². The maximum Gasteiger partial charge on any atom is 0.386 e. The molecule has 0 aliphatic carbocycles. The number of cyclic esters (lactones) is 1. The standard InChI is InChI=1S/C17H22N2O9S/c1-17(2,9-27-12(23)4-3-11(21)22)13-14(24)19-6-5-10(20)18-7-8-29-16(26)15(25)28-13/h3-4,13H,5-9H2,1-2H3,(H,18,20)(H,19,24)(H,21,22)/b4-3+/t13-/m0/s1. The van der Waals surface area contributed by atoms with Crippen LogP contribution in [0.15, 0.2) is 12.2 Å². The number of aliphatic carboxylic acids is 1. The van der Waals surface area contributed by atoms with Gasteiger partial charge in [0.15, 0.2) is 6.10 Å². The van der Waals surface area contributed by atoms with E-state index in [2.05, 4.69) is 10.6 Å². The molecule has 0 aromatic heterocycles. The van der Waals surface area contributed by atoms with Crippen LogP contribution in [-0.4, -0.2) is 71.5 Å². The minimum absolute atomic E-state index is 0.0135. The van der Waals surface area contributed by atoms with Gasteiger partial charge in [-0.2, -0.15) is 0 Å². The summed E-state index contributed by atoms with van der Waals surface area (Å²) in [5.74, 6) is -4.51. The lowest BCUT2D eigenvalue weighted by molar-refractivity contribution is -0.169. The lowest BCUT2D eigenvalue weighted by atomic mass is 9.86. The molecule has 11 nitrogen and oxygen atoms in total. The molecule has 1 aliphatic heterocycles. The summed E-state index contributed by atoms with van der Waals surface area (Å²) < 4.78 is 10.00. The zero-order valence-corrected chi connectivity index (χ0v) is 16.7. The van der Waals surface area contributed by atoms with Crippen molar-refractivity contribution in [2.45, 2.75) is 26.4 Å². The Hall–Kier alpha value is -2.89. The van der Waals surface area contributed by atoms with Crippen LogP contribution in [0.25, 0.3) is 0 Å². The van der Waals surface area contributed by atoms with Gasteiger partial charge in [-0.3, -0.25) is 14.4 Å². The van der Waals surface area contributed by atoms with E-state index in [1.165, 1.54) is 13.8 Å². The van der Waals surface area contributed by atoms with E-state index in [1.807, 2.05) is 0 Å². The van der Waals surface area contributed by atoms with Gasteiger partial charge in [-0.1, -0.05) is 25.6 Å². The van der Waals surface area contributed by atoms with Crippen molar-refractivity contribution in [2.24, 2.45) is 5.41 Å². The summed E-state index contributed by atoms with van der Waals surface area (Å²) in [5.41, 5.74) is -1.26. The number of hydrogen-bond acceptors (Lipinski definition) is 9. The Labute approximate surface area is 170 Å². The largest absolute Gasteiger partial charge is 0.478 e. The summed E-state index contributed by atoms with van der Waals surface area (Å²) in [7, 11) is 0. The molecular weight excluding hydrogens is 408 g/mol. The number of carbonyl (C=O) groups is 6. The number of ether oxygens (including phenoxy) is 2. The zero-order chi connectivity index (χ0) is 22.0. The number of esters is 2. The molecule has 1 atom stereocenters. The molecular formula is C17H22N2O9S. The van der Waals surface area contributed by atoms with Crippen LogP contribution in [0.2, 0.25) is 0 Å². The number of thioether (sulfide) groups is 1. The molecule has 2 amide bonds. The first-order chi connectivity index (χ1) is 13.5. The van der Waals surface area contributed by atoms with Crippen LogP contribution < -0.4 is 10.6 Å². The van der Waals surface area contributed by atoms with Gasteiger partial charge in [0.25, 0.3) is 11.0 Å². The Kier molecular flexibility index (Phi) is 9.32. The fourth-order valence-electron chi connectivity index (χ4n) is 2.12. The maximum atomic E-state index is 12.5. The number of rotatable bonds is 5. The third-order valence-electron chi connectivity index (χ3n) is 3.60. The third kappa shape index (κ3) is 8.77. The Morgan fingerprint density at radius 1 is 1.21 bits per heavy atom. The molecule has 1 fully saturated rings. The van der Waals surface area contributed by atoms with Crippen molar-refractivity contribution < 1.29 is 43.3 Å². The first-order valence-electron chi connectivity index (χ1n) is 8.53. The quantitative estimate of drug-likeness (QED) is 0.280. The zero-order valence-electron chi connectivity index (χ0n) is 15.9. The molecule has 0 unspecified atom stereocenters. The smallest absolute Gasteiger partial charge is 0.386 e. The van der Waals surface area contributed by atoms with E-state index in [-0.39, 0.29) is 31.2 Å². The normalized spacial score (nSPS) is 19.9. The molecule has 1 rings (SSSR count). The van der Waals surface area contributed by atoms with E-state index in [0.717, 1.165) is 0 Å². The second kappa shape index (κ2) is 11.2. The number of amides is 2. The minimum Gasteiger partial charge on any atom is -0.478 e. The van der Waals surface area contributed by atoms with Crippen molar-refractivity contribution in [1.29, 1.82) is 0 Å². The molecule has 1 heterocycles. The van der Waals surface area contributed by atoms with Crippen LogP contribution in [0.1, 0.15) is 20.3 Å². The van der Waals surface area contributed by atoms with Gasteiger partial charge in [-0.05, 0) is 0 Å². The van der Waals surface area contributed by atoms with E-state index in [9.17, 15) is 28.8 Å². The highest BCUT2D eigenvalue weighted by Gasteiger charge is 2.41. The van der Waals surface area contributed by atoms with E-state index < -0.39 is 47.1 Å². The van der Waals surface area contributed by atoms with Gasteiger partial charge in [0.2, 0.25) is 5.91 Å². The molecule has 1 saturated heterocycles. The Morgan fingerprint density at radius 3 is 2.55 bits per heavy atom. The van der Waals surface area contributed by atoms with Gasteiger partial charge >= 0.3 is 17.9 Å². The van der Waals surface area contributed by atoms with Crippen LogP contribution in [-0.2, 0) is 38.2 Å². The predicted octanol–water partition coefficient (Wildman–Crippen LogP) is -0.996. The second-order valence-electron chi connectivity index (χ2n) is 6.58. The fourth-order valence-corrected chi connectivity index (χ4v) is 2.67. The van der Waals surface area contributed by atoms with Crippen LogP contribution in [0.3, 0.4) is 0 Å². The molecule has 3 N–H and O–H groups in total. The molecule has 1 aliphatic rings. The van der Waals surface area contributed by atoms with Crippen LogP contribution in [0.5, 0.6) is 0 Å². The first-order valence-corrected chi connectivity index (χ1v) is 9.51. The lowest BCUT2D eigenvalue weighted by Gasteiger charge is -2.31. The highest BCUT2D eigenvalue weighted by molar-refractivity contribution is 8.15. The summed E-state index contributed by atoms with van der Waals surface area (Å²) in [6, 6.07) is 0. The number of carboxylic acids is 1. The Bertz CT molecular complexity index is 718. The van der Waals surface area contributed by atoms with E-state index in [1.54, 1.807) is 0 Å². The minimum atomic E-state index is -1.50. The SMILES string of the molecule is CC(C)(COC(=O)/C=C/C(=O)O)[C@H]1OC(=O)C(=O)SCCNC(=O)CCNC1=O. The van der Waals surface area contributed by atoms with Gasteiger partial charge in [0.1, 0.15) is 6.61 Å². The summed E-state index contributed by atoms with van der Waals surface area (Å²) >= 11 is 0.639. The molecule has 0 radical (unpaired) electrons. The van der Waals surface area contributed by atoms with E-state index in [0.29, 0.717) is 23.9 Å². The lowest BCUT2D eigenvalue weighted by Crippen LogP contribution is -2.49.